The van der Waals surface area contributed by atoms with Gasteiger partial charge in [-0.3, -0.25) is 4.79 Å². The van der Waals surface area contributed by atoms with E-state index in [0.717, 1.165) is 25.9 Å². The Kier molecular flexibility index (Phi) is 3.20. The maximum Gasteiger partial charge on any atom is 0.280 e. The lowest BCUT2D eigenvalue weighted by atomic mass is 9.83. The lowest BCUT2D eigenvalue weighted by Crippen LogP contribution is -2.65. The van der Waals surface area contributed by atoms with E-state index in [0.29, 0.717) is 29.3 Å². The van der Waals surface area contributed by atoms with Crippen LogP contribution in [0, 0.1) is 5.92 Å². The molecule has 0 saturated carbocycles. The van der Waals surface area contributed by atoms with Crippen LogP contribution >= 0.6 is 0 Å². The lowest BCUT2D eigenvalue weighted by molar-refractivity contribution is -0.939. The van der Waals surface area contributed by atoms with Crippen LogP contribution in [0.5, 0.6) is 0 Å². The maximum atomic E-state index is 12.1. The minimum atomic E-state index is -0.241. The molecule has 19 heavy (non-hydrogen) atoms. The molecule has 0 unspecified atom stereocenters. The number of amides is 1. The van der Waals surface area contributed by atoms with Gasteiger partial charge >= 0.3 is 0 Å². The Labute approximate surface area is 112 Å². The first kappa shape index (κ1) is 12.5. The van der Waals surface area contributed by atoms with Gasteiger partial charge in [-0.05, 0) is 6.07 Å². The molecule has 102 valence electrons. The van der Waals surface area contributed by atoms with Crippen LogP contribution in [0.4, 0.5) is 5.82 Å². The lowest BCUT2D eigenvalue weighted by Gasteiger charge is -2.50. The molecule has 0 aromatic carbocycles. The van der Waals surface area contributed by atoms with Crippen LogP contribution in [0.1, 0.15) is 12.8 Å². The average Bonchev–Trinajstić information content (AvgIpc) is 2.40. The first-order chi connectivity index (χ1) is 9.17. The fourth-order valence-electron chi connectivity index (χ4n) is 3.32. The van der Waals surface area contributed by atoms with Crippen LogP contribution in [0.25, 0.3) is 0 Å². The van der Waals surface area contributed by atoms with Crippen LogP contribution < -0.4 is 5.32 Å². The van der Waals surface area contributed by atoms with Gasteiger partial charge in [0.1, 0.15) is 24.8 Å². The van der Waals surface area contributed by atoms with E-state index >= 15 is 0 Å². The summed E-state index contributed by atoms with van der Waals surface area (Å²) in [6.45, 7) is 3.13. The topological polar surface area (TPSA) is 75.1 Å². The number of rotatable bonds is 3. The van der Waals surface area contributed by atoms with E-state index in [1.54, 1.807) is 12.3 Å². The standard InChI is InChI=1S/C13H18N4O2/c18-11-7-17(5-2-10(11)3-6-17)8-13(19)16-12-1-4-14-9-15-12/h1,4,9-11,18H,2-3,5-8H2/p+1/t10?,11-,17?/m0/s1. The highest BCUT2D eigenvalue weighted by Crippen LogP contribution is 2.33. The third kappa shape index (κ3) is 2.59. The first-order valence-electron chi connectivity index (χ1n) is 6.76. The molecular weight excluding hydrogens is 244 g/mol. The zero-order valence-corrected chi connectivity index (χ0v) is 10.8. The molecule has 3 aliphatic rings. The van der Waals surface area contributed by atoms with Crippen LogP contribution in [0.15, 0.2) is 18.6 Å². The van der Waals surface area contributed by atoms with Gasteiger partial charge in [-0.15, -0.1) is 0 Å². The second kappa shape index (κ2) is 4.86. The minimum Gasteiger partial charge on any atom is -0.387 e. The quantitative estimate of drug-likeness (QED) is 0.754. The number of hydrogen-bond donors (Lipinski definition) is 2. The number of aliphatic hydroxyl groups excluding tert-OH is 1. The maximum absolute atomic E-state index is 12.1. The number of nitrogens with one attached hydrogen (secondary N) is 1. The third-order valence-electron chi connectivity index (χ3n) is 4.40. The second-order valence-corrected chi connectivity index (χ2v) is 5.68. The summed E-state index contributed by atoms with van der Waals surface area (Å²) in [7, 11) is 0. The number of quaternary nitrogens is 1. The van der Waals surface area contributed by atoms with Crippen molar-refractivity contribution < 1.29 is 14.4 Å². The number of anilines is 1. The predicted molar refractivity (Wildman–Crippen MR) is 69.1 cm³/mol. The second-order valence-electron chi connectivity index (χ2n) is 5.68. The van der Waals surface area contributed by atoms with Gasteiger partial charge in [0.05, 0.1) is 13.1 Å². The number of aromatic nitrogens is 2. The smallest absolute Gasteiger partial charge is 0.280 e. The van der Waals surface area contributed by atoms with Crippen LogP contribution in [0.3, 0.4) is 0 Å². The van der Waals surface area contributed by atoms with Crippen molar-refractivity contribution in [1.29, 1.82) is 0 Å². The summed E-state index contributed by atoms with van der Waals surface area (Å²) in [5.41, 5.74) is 0. The van der Waals surface area contributed by atoms with Crippen molar-refractivity contribution >= 4 is 11.7 Å². The van der Waals surface area contributed by atoms with Crippen molar-refractivity contribution in [2.45, 2.75) is 18.9 Å². The highest BCUT2D eigenvalue weighted by molar-refractivity contribution is 5.90. The number of carbonyl (C=O) groups excluding carboxylic acids is 1. The van der Waals surface area contributed by atoms with Crippen molar-refractivity contribution in [3.8, 4) is 0 Å². The first-order valence-corrected chi connectivity index (χ1v) is 6.76. The summed E-state index contributed by atoms with van der Waals surface area (Å²) in [6, 6.07) is 1.68. The molecule has 0 radical (unpaired) electrons. The molecule has 1 aromatic heterocycles. The Morgan fingerprint density at radius 3 is 2.89 bits per heavy atom. The Balaban J connectivity index is 1.63. The summed E-state index contributed by atoms with van der Waals surface area (Å²) < 4.78 is 0.717. The van der Waals surface area contributed by atoms with Crippen LogP contribution in [-0.4, -0.2) is 57.7 Å². The van der Waals surface area contributed by atoms with Crippen molar-refractivity contribution in [3.63, 3.8) is 0 Å². The molecule has 2 bridgehead atoms. The highest BCUT2D eigenvalue weighted by atomic mass is 16.3. The number of carbonyl (C=O) groups is 1. The number of hydrogen-bond acceptors (Lipinski definition) is 4. The molecule has 6 nitrogen and oxygen atoms in total. The fourth-order valence-corrected chi connectivity index (χ4v) is 3.32. The van der Waals surface area contributed by atoms with E-state index in [1.807, 2.05) is 0 Å². The van der Waals surface area contributed by atoms with E-state index in [1.165, 1.54) is 6.33 Å². The molecule has 6 heteroatoms. The van der Waals surface area contributed by atoms with Gasteiger partial charge in [-0.1, -0.05) is 0 Å². The van der Waals surface area contributed by atoms with Crippen LogP contribution in [0.2, 0.25) is 0 Å². The predicted octanol–water partition coefficient (Wildman–Crippen LogP) is 0.0164. The van der Waals surface area contributed by atoms with Crippen molar-refractivity contribution in [3.05, 3.63) is 18.6 Å². The molecule has 0 aliphatic carbocycles. The molecular formula is C13H19N4O2+. The van der Waals surface area contributed by atoms with Gasteiger partial charge in [-0.25, -0.2) is 9.97 Å². The van der Waals surface area contributed by atoms with E-state index in [2.05, 4.69) is 15.3 Å². The van der Waals surface area contributed by atoms with E-state index in [-0.39, 0.29) is 12.0 Å². The monoisotopic (exact) mass is 263 g/mol. The Morgan fingerprint density at radius 1 is 1.47 bits per heavy atom. The van der Waals surface area contributed by atoms with E-state index < -0.39 is 0 Å². The molecule has 3 saturated heterocycles. The van der Waals surface area contributed by atoms with E-state index in [9.17, 15) is 9.90 Å². The summed E-state index contributed by atoms with van der Waals surface area (Å²) in [5.74, 6) is 0.946. The number of fused-ring (bicyclic) bond motifs is 3. The van der Waals surface area contributed by atoms with Gasteiger partial charge in [0.25, 0.3) is 5.91 Å². The largest absolute Gasteiger partial charge is 0.387 e. The van der Waals surface area contributed by atoms with Gasteiger partial charge in [0.2, 0.25) is 0 Å². The minimum absolute atomic E-state index is 0.0359. The van der Waals surface area contributed by atoms with Crippen LogP contribution in [-0.2, 0) is 4.79 Å². The molecule has 4 rings (SSSR count). The van der Waals surface area contributed by atoms with Crippen molar-refractivity contribution in [2.24, 2.45) is 5.92 Å². The Bertz CT molecular complexity index is 457. The normalized spacial score (nSPS) is 33.1. The summed E-state index contributed by atoms with van der Waals surface area (Å²) >= 11 is 0. The molecule has 1 amide bonds. The molecule has 3 fully saturated rings. The van der Waals surface area contributed by atoms with Crippen molar-refractivity contribution in [1.82, 2.24) is 9.97 Å². The fraction of sp³-hybridized carbons (Fsp3) is 0.615. The highest BCUT2D eigenvalue weighted by Gasteiger charge is 2.46. The summed E-state index contributed by atoms with van der Waals surface area (Å²) in [6.07, 6.45) is 4.84. The van der Waals surface area contributed by atoms with E-state index in [4.69, 9.17) is 0 Å². The number of aliphatic hydroxyl groups is 1. The summed E-state index contributed by atoms with van der Waals surface area (Å²) in [5, 5.41) is 12.8. The number of nitrogens with zero attached hydrogens (tertiary/aromatic N) is 3. The van der Waals surface area contributed by atoms with Gasteiger partial charge in [-0.2, -0.15) is 0 Å². The van der Waals surface area contributed by atoms with Gasteiger partial charge < -0.3 is 14.9 Å². The SMILES string of the molecule is O=C(C[N+]12CCC(CC1)[C@@H](O)C2)Nc1ccncn1. The molecule has 4 heterocycles. The average molecular weight is 263 g/mol. The molecule has 3 aliphatic heterocycles. The summed E-state index contributed by atoms with van der Waals surface area (Å²) in [4.78, 5) is 19.9. The zero-order valence-electron chi connectivity index (χ0n) is 10.8. The molecule has 2 N–H and O–H groups in total. The number of piperidine rings is 3. The Morgan fingerprint density at radius 2 is 2.26 bits per heavy atom. The van der Waals surface area contributed by atoms with Crippen molar-refractivity contribution in [2.75, 3.05) is 31.5 Å². The zero-order chi connectivity index (χ0) is 13.3. The van der Waals surface area contributed by atoms with Gasteiger partial charge in [0, 0.05) is 25.0 Å². The van der Waals surface area contributed by atoms with Gasteiger partial charge in [0.15, 0.2) is 6.54 Å². The molecule has 0 spiro atoms. The Hall–Kier alpha value is -1.53. The molecule has 1 atom stereocenters. The molecule has 1 aromatic rings. The third-order valence-corrected chi connectivity index (χ3v) is 4.40.